The molecule has 1 unspecified atom stereocenters. The fourth-order valence-electron chi connectivity index (χ4n) is 1.51. The second kappa shape index (κ2) is 9.09. The normalized spacial score (nSPS) is 11.7. The van der Waals surface area contributed by atoms with Crippen molar-refractivity contribution in [3.8, 4) is 0 Å². The van der Waals surface area contributed by atoms with E-state index in [0.717, 1.165) is 0 Å². The number of rotatable bonds is 9. The van der Waals surface area contributed by atoms with Crippen LogP contribution < -0.4 is 10.6 Å². The molecule has 1 rings (SSSR count). The zero-order valence-corrected chi connectivity index (χ0v) is 12.4. The van der Waals surface area contributed by atoms with Gasteiger partial charge in [-0.25, -0.2) is 4.79 Å². The van der Waals surface area contributed by atoms with E-state index in [2.05, 4.69) is 10.6 Å². The van der Waals surface area contributed by atoms with E-state index in [9.17, 15) is 14.4 Å². The van der Waals surface area contributed by atoms with Gasteiger partial charge in [0.2, 0.25) is 5.91 Å². The Morgan fingerprint density at radius 1 is 1.38 bits per heavy atom. The first-order chi connectivity index (χ1) is 10.0. The summed E-state index contributed by atoms with van der Waals surface area (Å²) < 4.78 is 4.69. The number of carboxylic acid groups (broad SMARTS) is 1. The minimum atomic E-state index is -1.12. The molecule has 0 saturated carbocycles. The summed E-state index contributed by atoms with van der Waals surface area (Å²) in [6.45, 7) is 0.309. The molecule has 21 heavy (non-hydrogen) atoms. The molecule has 7 nitrogen and oxygen atoms in total. The van der Waals surface area contributed by atoms with Crippen LogP contribution in [0.4, 0.5) is 0 Å². The summed E-state index contributed by atoms with van der Waals surface area (Å²) in [7, 11) is 1.27. The highest BCUT2D eigenvalue weighted by Crippen LogP contribution is 2.07. The molecule has 0 spiro atoms. The SMILES string of the molecule is COC(CNC(=O)CCCNC(=O)c1cccs1)C(=O)O. The van der Waals surface area contributed by atoms with Gasteiger partial charge in [0, 0.05) is 20.1 Å². The molecule has 3 N–H and O–H groups in total. The second-order valence-electron chi connectivity index (χ2n) is 4.20. The molecule has 0 aliphatic rings. The van der Waals surface area contributed by atoms with Gasteiger partial charge in [0.05, 0.1) is 11.4 Å². The molecule has 1 atom stereocenters. The van der Waals surface area contributed by atoms with Crippen molar-refractivity contribution in [2.24, 2.45) is 0 Å². The molecule has 0 radical (unpaired) electrons. The van der Waals surface area contributed by atoms with Crippen LogP contribution in [0, 0.1) is 0 Å². The Morgan fingerprint density at radius 3 is 2.71 bits per heavy atom. The molecule has 8 heteroatoms. The minimum absolute atomic E-state index is 0.0772. The summed E-state index contributed by atoms with van der Waals surface area (Å²) in [6.07, 6.45) is -0.360. The molecule has 0 saturated heterocycles. The third-order valence-corrected chi connectivity index (χ3v) is 3.52. The summed E-state index contributed by atoms with van der Waals surface area (Å²) in [6, 6.07) is 3.52. The number of hydrogen-bond donors (Lipinski definition) is 3. The van der Waals surface area contributed by atoms with Gasteiger partial charge in [-0.2, -0.15) is 0 Å². The van der Waals surface area contributed by atoms with E-state index in [1.165, 1.54) is 18.4 Å². The van der Waals surface area contributed by atoms with Crippen LogP contribution in [0.1, 0.15) is 22.5 Å². The number of methoxy groups -OCH3 is 1. The van der Waals surface area contributed by atoms with Crippen molar-refractivity contribution in [3.63, 3.8) is 0 Å². The quantitative estimate of drug-likeness (QED) is 0.575. The van der Waals surface area contributed by atoms with Crippen molar-refractivity contribution in [2.75, 3.05) is 20.2 Å². The lowest BCUT2D eigenvalue weighted by Gasteiger charge is -2.11. The van der Waals surface area contributed by atoms with E-state index in [0.29, 0.717) is 17.8 Å². The van der Waals surface area contributed by atoms with Crippen molar-refractivity contribution in [3.05, 3.63) is 22.4 Å². The molecule has 2 amide bonds. The molecular weight excluding hydrogens is 296 g/mol. The Hall–Kier alpha value is -1.93. The van der Waals surface area contributed by atoms with Crippen LogP contribution in [0.25, 0.3) is 0 Å². The van der Waals surface area contributed by atoms with Crippen LogP contribution in [-0.2, 0) is 14.3 Å². The highest BCUT2D eigenvalue weighted by molar-refractivity contribution is 7.12. The van der Waals surface area contributed by atoms with Crippen molar-refractivity contribution in [1.82, 2.24) is 10.6 Å². The zero-order chi connectivity index (χ0) is 15.7. The van der Waals surface area contributed by atoms with Gasteiger partial charge in [-0.3, -0.25) is 9.59 Å². The van der Waals surface area contributed by atoms with Gasteiger partial charge in [0.1, 0.15) is 0 Å². The Kier molecular flexibility index (Phi) is 7.41. The fourth-order valence-corrected chi connectivity index (χ4v) is 2.15. The van der Waals surface area contributed by atoms with Gasteiger partial charge in [-0.05, 0) is 17.9 Å². The van der Waals surface area contributed by atoms with E-state index in [-0.39, 0.29) is 24.8 Å². The Morgan fingerprint density at radius 2 is 2.14 bits per heavy atom. The lowest BCUT2D eigenvalue weighted by Crippen LogP contribution is -2.38. The molecular formula is C13H18N2O5S. The van der Waals surface area contributed by atoms with E-state index in [1.807, 2.05) is 5.38 Å². The van der Waals surface area contributed by atoms with Gasteiger partial charge < -0.3 is 20.5 Å². The first-order valence-electron chi connectivity index (χ1n) is 6.38. The number of hydrogen-bond acceptors (Lipinski definition) is 5. The van der Waals surface area contributed by atoms with Crippen molar-refractivity contribution in [1.29, 1.82) is 0 Å². The first kappa shape index (κ1) is 17.1. The fraction of sp³-hybridized carbons (Fsp3) is 0.462. The smallest absolute Gasteiger partial charge is 0.334 e. The zero-order valence-electron chi connectivity index (χ0n) is 11.6. The van der Waals surface area contributed by atoms with Gasteiger partial charge in [-0.1, -0.05) is 6.07 Å². The lowest BCUT2D eigenvalue weighted by atomic mass is 10.2. The maximum atomic E-state index is 11.6. The van der Waals surface area contributed by atoms with Gasteiger partial charge in [0.25, 0.3) is 5.91 Å². The molecule has 1 aromatic heterocycles. The standard InChI is InChI=1S/C13H18N2O5S/c1-20-9(13(18)19)8-15-11(16)5-2-6-14-12(17)10-4-3-7-21-10/h3-4,7,9H,2,5-6,8H2,1H3,(H,14,17)(H,15,16)(H,18,19). The van der Waals surface area contributed by atoms with Crippen LogP contribution >= 0.6 is 11.3 Å². The number of amides is 2. The lowest BCUT2D eigenvalue weighted by molar-refractivity contribution is -0.148. The number of ether oxygens (including phenoxy) is 1. The molecule has 116 valence electrons. The number of carbonyl (C=O) groups excluding carboxylic acids is 2. The molecule has 0 aliphatic heterocycles. The Bertz CT molecular complexity index is 475. The number of carbonyl (C=O) groups is 3. The van der Waals surface area contributed by atoms with Crippen LogP contribution in [0.5, 0.6) is 0 Å². The molecule has 0 aliphatic carbocycles. The number of nitrogens with one attached hydrogen (secondary N) is 2. The maximum Gasteiger partial charge on any atom is 0.334 e. The topological polar surface area (TPSA) is 105 Å². The van der Waals surface area contributed by atoms with Gasteiger partial charge in [0.15, 0.2) is 6.10 Å². The number of thiophene rings is 1. The molecule has 1 heterocycles. The third-order valence-electron chi connectivity index (χ3n) is 2.66. The maximum absolute atomic E-state index is 11.6. The molecule has 1 aromatic rings. The number of aliphatic carboxylic acids is 1. The summed E-state index contributed by atoms with van der Waals surface area (Å²) >= 11 is 1.35. The second-order valence-corrected chi connectivity index (χ2v) is 5.15. The van der Waals surface area contributed by atoms with Crippen LogP contribution in [-0.4, -0.2) is 49.2 Å². The molecule has 0 aromatic carbocycles. The summed E-state index contributed by atoms with van der Waals surface area (Å²) in [4.78, 5) is 34.4. The van der Waals surface area contributed by atoms with Gasteiger partial charge >= 0.3 is 5.97 Å². The number of carboxylic acids is 1. The average Bonchev–Trinajstić information content (AvgIpc) is 2.97. The monoisotopic (exact) mass is 314 g/mol. The first-order valence-corrected chi connectivity index (χ1v) is 7.26. The third kappa shape index (κ3) is 6.37. The van der Waals surface area contributed by atoms with Crippen molar-refractivity contribution >= 4 is 29.1 Å². The highest BCUT2D eigenvalue weighted by Gasteiger charge is 2.16. The van der Waals surface area contributed by atoms with Crippen LogP contribution in [0.2, 0.25) is 0 Å². The van der Waals surface area contributed by atoms with Crippen LogP contribution in [0.3, 0.4) is 0 Å². The Balaban J connectivity index is 2.13. The Labute approximate surface area is 126 Å². The van der Waals surface area contributed by atoms with Gasteiger partial charge in [-0.15, -0.1) is 11.3 Å². The molecule has 0 bridgehead atoms. The highest BCUT2D eigenvalue weighted by atomic mass is 32.1. The van der Waals surface area contributed by atoms with Crippen molar-refractivity contribution in [2.45, 2.75) is 18.9 Å². The minimum Gasteiger partial charge on any atom is -0.479 e. The van der Waals surface area contributed by atoms with E-state index < -0.39 is 12.1 Å². The van der Waals surface area contributed by atoms with E-state index in [1.54, 1.807) is 12.1 Å². The average molecular weight is 314 g/mol. The summed E-state index contributed by atoms with van der Waals surface area (Å²) in [5.41, 5.74) is 0. The summed E-state index contributed by atoms with van der Waals surface area (Å²) in [5.74, 6) is -1.56. The predicted molar refractivity (Wildman–Crippen MR) is 77.3 cm³/mol. The largest absolute Gasteiger partial charge is 0.479 e. The predicted octanol–water partition coefficient (Wildman–Crippen LogP) is 0.474. The van der Waals surface area contributed by atoms with Crippen LogP contribution in [0.15, 0.2) is 17.5 Å². The van der Waals surface area contributed by atoms with E-state index >= 15 is 0 Å². The summed E-state index contributed by atoms with van der Waals surface area (Å²) in [5, 5.41) is 15.7. The van der Waals surface area contributed by atoms with Crippen molar-refractivity contribution < 1.29 is 24.2 Å². The molecule has 0 fully saturated rings. The van der Waals surface area contributed by atoms with E-state index in [4.69, 9.17) is 9.84 Å².